The highest BCUT2D eigenvalue weighted by Gasteiger charge is 2.27. The van der Waals surface area contributed by atoms with E-state index in [0.717, 1.165) is 28.1 Å². The maximum Gasteiger partial charge on any atom is 0.245 e. The largest absolute Gasteiger partial charge is 0.336 e. The molecular weight excluding hydrogens is 460 g/mol. The molecule has 1 heterocycles. The quantitative estimate of drug-likeness (QED) is 0.358. The first-order chi connectivity index (χ1) is 17.6. The Kier molecular flexibility index (Phi) is 7.58. The smallest absolute Gasteiger partial charge is 0.245 e. The molecule has 0 saturated carbocycles. The fraction of sp³-hybridized carbons (Fsp3) is 0.258. The Bertz CT molecular complexity index is 1330. The summed E-state index contributed by atoms with van der Waals surface area (Å²) >= 11 is 0. The summed E-state index contributed by atoms with van der Waals surface area (Å²) in [6.07, 6.45) is 0. The van der Waals surface area contributed by atoms with Gasteiger partial charge in [0.05, 0.1) is 23.8 Å². The molecule has 0 saturated heterocycles. The summed E-state index contributed by atoms with van der Waals surface area (Å²) in [6.45, 7) is 8.19. The molecule has 2 amide bonds. The molecule has 6 nitrogen and oxygen atoms in total. The molecule has 0 radical (unpaired) electrons. The summed E-state index contributed by atoms with van der Waals surface area (Å²) in [4.78, 5) is 28.3. The summed E-state index contributed by atoms with van der Waals surface area (Å²) in [7, 11) is 1.67. The van der Waals surface area contributed by atoms with Gasteiger partial charge in [0.2, 0.25) is 11.8 Å². The molecule has 1 N–H and O–H groups in total. The number of rotatable bonds is 7. The van der Waals surface area contributed by atoms with Crippen molar-refractivity contribution in [3.8, 4) is 5.69 Å². The molecule has 0 unspecified atom stereocenters. The number of carbonyl (C=O) groups is 2. The number of amides is 2. The van der Waals surface area contributed by atoms with Gasteiger partial charge in [-0.15, -0.1) is 0 Å². The molecule has 0 aliphatic rings. The second-order valence-corrected chi connectivity index (χ2v) is 10.4. The number of aromatic nitrogens is 2. The molecule has 0 atom stereocenters. The Hall–Kier alpha value is -4.19. The number of anilines is 1. The summed E-state index contributed by atoms with van der Waals surface area (Å²) in [5.41, 5.74) is 4.38. The molecule has 0 bridgehead atoms. The van der Waals surface area contributed by atoms with Crippen molar-refractivity contribution in [2.75, 3.05) is 18.9 Å². The number of aryl methyl sites for hydroxylation is 1. The predicted octanol–water partition coefficient (Wildman–Crippen LogP) is 5.71. The van der Waals surface area contributed by atoms with Gasteiger partial charge in [0.15, 0.2) is 0 Å². The van der Waals surface area contributed by atoms with Crippen LogP contribution < -0.4 is 5.32 Å². The average Bonchev–Trinajstić information content (AvgIpc) is 3.29. The second-order valence-electron chi connectivity index (χ2n) is 10.4. The van der Waals surface area contributed by atoms with Gasteiger partial charge in [0.1, 0.15) is 5.82 Å². The van der Waals surface area contributed by atoms with Gasteiger partial charge < -0.3 is 10.2 Å². The number of hydrogen-bond acceptors (Lipinski definition) is 3. The van der Waals surface area contributed by atoms with Crippen LogP contribution in [0, 0.1) is 6.92 Å². The van der Waals surface area contributed by atoms with Crippen molar-refractivity contribution < 1.29 is 9.59 Å². The second kappa shape index (κ2) is 10.8. The number of nitrogens with one attached hydrogen (secondary N) is 1. The third-order valence-electron chi connectivity index (χ3n) is 6.36. The van der Waals surface area contributed by atoms with Crippen LogP contribution >= 0.6 is 0 Å². The molecule has 1 aromatic heterocycles. The number of carbonyl (C=O) groups excluding carboxylic acids is 2. The fourth-order valence-electron chi connectivity index (χ4n) is 4.29. The summed E-state index contributed by atoms with van der Waals surface area (Å²) in [5, 5.41) is 7.81. The number of nitrogens with zero attached hydrogens (tertiary/aromatic N) is 3. The Balaban J connectivity index is 1.57. The van der Waals surface area contributed by atoms with Crippen LogP contribution in [0.2, 0.25) is 0 Å². The van der Waals surface area contributed by atoms with Gasteiger partial charge in [-0.3, -0.25) is 9.59 Å². The topological polar surface area (TPSA) is 67.2 Å². The van der Waals surface area contributed by atoms with Crippen molar-refractivity contribution in [3.63, 3.8) is 0 Å². The molecule has 3 aromatic carbocycles. The van der Waals surface area contributed by atoms with Gasteiger partial charge in [0, 0.05) is 18.5 Å². The Morgan fingerprint density at radius 1 is 0.892 bits per heavy atom. The lowest BCUT2D eigenvalue weighted by molar-refractivity contribution is -0.133. The van der Waals surface area contributed by atoms with Crippen molar-refractivity contribution in [2.24, 2.45) is 0 Å². The van der Waals surface area contributed by atoms with Gasteiger partial charge in [-0.25, -0.2) is 4.68 Å². The highest BCUT2D eigenvalue weighted by Crippen LogP contribution is 2.28. The van der Waals surface area contributed by atoms with Crippen molar-refractivity contribution in [3.05, 3.63) is 113 Å². The summed E-state index contributed by atoms with van der Waals surface area (Å²) in [6, 6.07) is 29.1. The maximum atomic E-state index is 13.6. The van der Waals surface area contributed by atoms with Crippen molar-refractivity contribution >= 4 is 17.6 Å². The minimum absolute atomic E-state index is 0.0845. The zero-order valence-electron chi connectivity index (χ0n) is 22.1. The minimum Gasteiger partial charge on any atom is -0.336 e. The van der Waals surface area contributed by atoms with Crippen LogP contribution in [0.5, 0.6) is 0 Å². The first-order valence-electron chi connectivity index (χ1n) is 12.5. The number of benzene rings is 3. The number of likely N-dealkylation sites (N-methyl/N-ethyl adjacent to an activating group) is 1. The first-order valence-corrected chi connectivity index (χ1v) is 12.5. The Labute approximate surface area is 218 Å². The fourth-order valence-corrected chi connectivity index (χ4v) is 4.29. The maximum absolute atomic E-state index is 13.6. The van der Waals surface area contributed by atoms with E-state index in [2.05, 4.69) is 26.1 Å². The number of para-hydroxylation sites is 1. The van der Waals surface area contributed by atoms with E-state index in [-0.39, 0.29) is 23.8 Å². The van der Waals surface area contributed by atoms with Crippen LogP contribution in [0.1, 0.15) is 49.1 Å². The molecule has 0 aliphatic carbocycles. The van der Waals surface area contributed by atoms with E-state index in [1.807, 2.05) is 97.9 Å². The molecule has 4 rings (SSSR count). The van der Waals surface area contributed by atoms with E-state index in [9.17, 15) is 9.59 Å². The first kappa shape index (κ1) is 25.9. The molecule has 4 aromatic rings. The van der Waals surface area contributed by atoms with Crippen LogP contribution in [-0.4, -0.2) is 40.1 Å². The Morgan fingerprint density at radius 2 is 1.43 bits per heavy atom. The average molecular weight is 495 g/mol. The van der Waals surface area contributed by atoms with Crippen molar-refractivity contribution in [1.82, 2.24) is 14.7 Å². The van der Waals surface area contributed by atoms with Crippen molar-refractivity contribution in [1.29, 1.82) is 0 Å². The molecule has 0 aliphatic heterocycles. The van der Waals surface area contributed by atoms with Crippen LogP contribution in [-0.2, 0) is 15.0 Å². The molecule has 0 spiro atoms. The van der Waals surface area contributed by atoms with Crippen LogP contribution in [0.3, 0.4) is 0 Å². The zero-order valence-corrected chi connectivity index (χ0v) is 22.1. The lowest BCUT2D eigenvalue weighted by Gasteiger charge is -2.24. The van der Waals surface area contributed by atoms with Gasteiger partial charge in [-0.05, 0) is 29.7 Å². The van der Waals surface area contributed by atoms with E-state index < -0.39 is 5.92 Å². The third kappa shape index (κ3) is 5.97. The molecular formula is C31H34N4O2. The van der Waals surface area contributed by atoms with E-state index in [0.29, 0.717) is 5.82 Å². The SMILES string of the molecule is Cc1ccccc1-n1nc(C(C)(C)C)cc1NC(=O)CN(C)C(=O)C(c1ccccc1)c1ccccc1. The van der Waals surface area contributed by atoms with Crippen LogP contribution in [0.15, 0.2) is 91.0 Å². The molecule has 0 fully saturated rings. The van der Waals surface area contributed by atoms with Crippen molar-refractivity contribution in [2.45, 2.75) is 39.0 Å². The predicted molar refractivity (Wildman–Crippen MR) is 148 cm³/mol. The van der Waals surface area contributed by atoms with Crippen LogP contribution in [0.25, 0.3) is 5.69 Å². The lowest BCUT2D eigenvalue weighted by Crippen LogP contribution is -2.38. The summed E-state index contributed by atoms with van der Waals surface area (Å²) in [5.74, 6) is -0.348. The molecule has 6 heteroatoms. The van der Waals surface area contributed by atoms with Gasteiger partial charge >= 0.3 is 0 Å². The van der Waals surface area contributed by atoms with Crippen LogP contribution in [0.4, 0.5) is 5.82 Å². The van der Waals surface area contributed by atoms with E-state index in [1.165, 1.54) is 4.90 Å². The lowest BCUT2D eigenvalue weighted by atomic mass is 9.90. The third-order valence-corrected chi connectivity index (χ3v) is 6.36. The van der Waals surface area contributed by atoms with E-state index >= 15 is 0 Å². The highest BCUT2D eigenvalue weighted by atomic mass is 16.2. The van der Waals surface area contributed by atoms with Gasteiger partial charge in [-0.1, -0.05) is 99.6 Å². The van der Waals surface area contributed by atoms with E-state index in [1.54, 1.807) is 11.7 Å². The minimum atomic E-state index is -0.495. The number of hydrogen-bond donors (Lipinski definition) is 1. The summed E-state index contributed by atoms with van der Waals surface area (Å²) < 4.78 is 1.77. The molecule has 37 heavy (non-hydrogen) atoms. The standard InChI is InChI=1S/C31H34N4O2/c1-22-14-12-13-19-25(22)35-27(20-26(33-35)31(2,3)4)32-28(36)21-34(5)30(37)29(23-15-8-6-9-16-23)24-17-10-7-11-18-24/h6-20,29H,21H2,1-5H3,(H,32,36). The normalized spacial score (nSPS) is 11.4. The Morgan fingerprint density at radius 3 is 1.97 bits per heavy atom. The van der Waals surface area contributed by atoms with E-state index in [4.69, 9.17) is 5.10 Å². The monoisotopic (exact) mass is 494 g/mol. The highest BCUT2D eigenvalue weighted by molar-refractivity contribution is 5.96. The van der Waals surface area contributed by atoms with Gasteiger partial charge in [0.25, 0.3) is 0 Å². The zero-order chi connectivity index (χ0) is 26.6. The molecule has 190 valence electrons. The van der Waals surface area contributed by atoms with Gasteiger partial charge in [-0.2, -0.15) is 5.10 Å².